The number of ether oxygens (including phenoxy) is 1. The Kier molecular flexibility index (Phi) is 10.8. The summed E-state index contributed by atoms with van der Waals surface area (Å²) in [6, 6.07) is 0. The molecule has 0 saturated heterocycles. The number of nitrogens with one attached hydrogen (secondary N) is 1. The molecule has 6 heteroatoms. The van der Waals surface area contributed by atoms with Gasteiger partial charge in [-0.1, -0.05) is 19.4 Å². The van der Waals surface area contributed by atoms with E-state index in [0.29, 0.717) is 25.2 Å². The second-order valence-corrected chi connectivity index (χ2v) is 5.32. The normalized spacial score (nSPS) is 9.95. The second kappa shape index (κ2) is 11.8. The molecule has 0 aliphatic heterocycles. The molecule has 0 aromatic carbocycles. The maximum absolute atomic E-state index is 11.5. The van der Waals surface area contributed by atoms with Crippen molar-refractivity contribution in [1.29, 1.82) is 0 Å². The number of nitrogens with zero attached hydrogens (tertiary/aromatic N) is 1. The summed E-state index contributed by atoms with van der Waals surface area (Å²) in [5.41, 5.74) is 0.355. The van der Waals surface area contributed by atoms with E-state index < -0.39 is 5.97 Å². The third-order valence-electron chi connectivity index (χ3n) is 3.12. The van der Waals surface area contributed by atoms with Crippen LogP contribution in [0.3, 0.4) is 0 Å². The summed E-state index contributed by atoms with van der Waals surface area (Å²) in [5.74, 6) is -0.460. The molecule has 0 spiro atoms. The van der Waals surface area contributed by atoms with E-state index in [9.17, 15) is 14.4 Å². The van der Waals surface area contributed by atoms with Gasteiger partial charge in [0.2, 0.25) is 11.8 Å². The van der Waals surface area contributed by atoms with Crippen LogP contribution in [0.4, 0.5) is 0 Å². The topological polar surface area (TPSA) is 75.7 Å². The van der Waals surface area contributed by atoms with Crippen molar-refractivity contribution in [2.24, 2.45) is 0 Å². The highest BCUT2D eigenvalue weighted by Gasteiger charge is 2.10. The van der Waals surface area contributed by atoms with Crippen LogP contribution < -0.4 is 5.32 Å². The molecule has 0 atom stereocenters. The van der Waals surface area contributed by atoms with Gasteiger partial charge in [0, 0.05) is 32.5 Å². The number of carbonyl (C=O) groups is 3. The molecule has 0 aliphatic rings. The van der Waals surface area contributed by atoms with E-state index in [0.717, 1.165) is 25.7 Å². The molecule has 126 valence electrons. The van der Waals surface area contributed by atoms with Gasteiger partial charge in [-0.15, -0.1) is 0 Å². The lowest BCUT2D eigenvalue weighted by atomic mass is 10.2. The van der Waals surface area contributed by atoms with Crippen LogP contribution in [0, 0.1) is 0 Å². The van der Waals surface area contributed by atoms with Crippen LogP contribution >= 0.6 is 0 Å². The summed E-state index contributed by atoms with van der Waals surface area (Å²) in [6.07, 6.45) is 3.84. The Labute approximate surface area is 132 Å². The van der Waals surface area contributed by atoms with Gasteiger partial charge in [0.05, 0.1) is 6.54 Å². The first-order valence-electron chi connectivity index (χ1n) is 7.67. The van der Waals surface area contributed by atoms with E-state index in [4.69, 9.17) is 4.74 Å². The Hall–Kier alpha value is -1.85. The molecule has 0 unspecified atom stereocenters. The molecule has 0 bridgehead atoms. The quantitative estimate of drug-likeness (QED) is 0.357. The zero-order valence-corrected chi connectivity index (χ0v) is 13.9. The molecule has 6 nitrogen and oxygen atoms in total. The van der Waals surface area contributed by atoms with Gasteiger partial charge in [0.15, 0.2) is 0 Å². The minimum atomic E-state index is -0.429. The minimum absolute atomic E-state index is 0.00735. The van der Waals surface area contributed by atoms with Crippen molar-refractivity contribution in [1.82, 2.24) is 10.2 Å². The average molecular weight is 312 g/mol. The third kappa shape index (κ3) is 10.9. The molecule has 0 rings (SSSR count). The maximum Gasteiger partial charge on any atom is 0.333 e. The van der Waals surface area contributed by atoms with Gasteiger partial charge in [0.25, 0.3) is 0 Å². The standard InChI is InChI=1S/C16H28N2O4/c1-13(2)16(21)22-12-11-18(15(4)20)10-8-6-5-7-9-17-14(3)19/h1,5-12H2,2-4H3,(H,17,19). The molecule has 0 saturated carbocycles. The van der Waals surface area contributed by atoms with E-state index in [2.05, 4.69) is 11.9 Å². The van der Waals surface area contributed by atoms with Gasteiger partial charge in [-0.2, -0.15) is 0 Å². The van der Waals surface area contributed by atoms with Gasteiger partial charge in [-0.05, 0) is 19.8 Å². The number of amides is 2. The second-order valence-electron chi connectivity index (χ2n) is 5.32. The SMILES string of the molecule is C=C(C)C(=O)OCCN(CCCCCCNC(C)=O)C(C)=O. The van der Waals surface area contributed by atoms with Crippen molar-refractivity contribution in [3.63, 3.8) is 0 Å². The maximum atomic E-state index is 11.5. The Morgan fingerprint density at radius 1 is 1.00 bits per heavy atom. The van der Waals surface area contributed by atoms with Crippen LogP contribution in [-0.2, 0) is 19.1 Å². The highest BCUT2D eigenvalue weighted by atomic mass is 16.5. The third-order valence-corrected chi connectivity index (χ3v) is 3.12. The van der Waals surface area contributed by atoms with Gasteiger partial charge in [-0.3, -0.25) is 9.59 Å². The van der Waals surface area contributed by atoms with Crippen molar-refractivity contribution >= 4 is 17.8 Å². The predicted octanol–water partition coefficient (Wildman–Crippen LogP) is 1.65. The minimum Gasteiger partial charge on any atom is -0.460 e. The number of unbranched alkanes of at least 4 members (excludes halogenated alkanes) is 3. The zero-order chi connectivity index (χ0) is 17.0. The summed E-state index contributed by atoms with van der Waals surface area (Å²) < 4.78 is 4.99. The molecule has 0 radical (unpaired) electrons. The zero-order valence-electron chi connectivity index (χ0n) is 13.9. The lowest BCUT2D eigenvalue weighted by Gasteiger charge is -2.20. The Bertz CT molecular complexity index is 394. The molecule has 0 heterocycles. The van der Waals surface area contributed by atoms with Crippen LogP contribution in [-0.4, -0.2) is 48.9 Å². The summed E-state index contributed by atoms with van der Waals surface area (Å²) in [6.45, 7) is 10.0. The highest BCUT2D eigenvalue weighted by Crippen LogP contribution is 2.02. The van der Waals surface area contributed by atoms with Crippen molar-refractivity contribution < 1.29 is 19.1 Å². The van der Waals surface area contributed by atoms with Crippen LogP contribution in [0.25, 0.3) is 0 Å². The molecule has 1 N–H and O–H groups in total. The first-order valence-corrected chi connectivity index (χ1v) is 7.67. The lowest BCUT2D eigenvalue weighted by molar-refractivity contribution is -0.141. The fraction of sp³-hybridized carbons (Fsp3) is 0.688. The Morgan fingerprint density at radius 2 is 1.64 bits per heavy atom. The summed E-state index contributed by atoms with van der Waals surface area (Å²) in [7, 11) is 0. The number of esters is 1. The van der Waals surface area contributed by atoms with Gasteiger partial charge < -0.3 is 15.0 Å². The lowest BCUT2D eigenvalue weighted by Crippen LogP contribution is -2.33. The van der Waals surface area contributed by atoms with Crippen molar-refractivity contribution in [3.8, 4) is 0 Å². The Morgan fingerprint density at radius 3 is 2.18 bits per heavy atom. The van der Waals surface area contributed by atoms with Gasteiger partial charge >= 0.3 is 5.97 Å². The van der Waals surface area contributed by atoms with Crippen LogP contribution in [0.15, 0.2) is 12.2 Å². The predicted molar refractivity (Wildman–Crippen MR) is 85.2 cm³/mol. The van der Waals surface area contributed by atoms with Crippen molar-refractivity contribution in [2.45, 2.75) is 46.5 Å². The van der Waals surface area contributed by atoms with Crippen LogP contribution in [0.2, 0.25) is 0 Å². The summed E-state index contributed by atoms with van der Waals surface area (Å²) >= 11 is 0. The van der Waals surface area contributed by atoms with Crippen molar-refractivity contribution in [2.75, 3.05) is 26.2 Å². The number of rotatable bonds is 11. The summed E-state index contributed by atoms with van der Waals surface area (Å²) in [5, 5.41) is 2.75. The van der Waals surface area contributed by atoms with E-state index >= 15 is 0 Å². The molecule has 0 aromatic rings. The fourth-order valence-electron chi connectivity index (χ4n) is 1.84. The first kappa shape index (κ1) is 20.1. The first-order chi connectivity index (χ1) is 10.3. The van der Waals surface area contributed by atoms with Crippen LogP contribution in [0.1, 0.15) is 46.5 Å². The van der Waals surface area contributed by atoms with Crippen LogP contribution in [0.5, 0.6) is 0 Å². The monoisotopic (exact) mass is 312 g/mol. The number of hydrogen-bond acceptors (Lipinski definition) is 4. The average Bonchev–Trinajstić information content (AvgIpc) is 2.43. The largest absolute Gasteiger partial charge is 0.460 e. The highest BCUT2D eigenvalue weighted by molar-refractivity contribution is 5.86. The molecule has 2 amide bonds. The molecular formula is C16H28N2O4. The van der Waals surface area contributed by atoms with Crippen molar-refractivity contribution in [3.05, 3.63) is 12.2 Å². The fourth-order valence-corrected chi connectivity index (χ4v) is 1.84. The molecule has 0 aliphatic carbocycles. The van der Waals surface area contributed by atoms with E-state index in [1.807, 2.05) is 0 Å². The molecule has 22 heavy (non-hydrogen) atoms. The smallest absolute Gasteiger partial charge is 0.333 e. The molecule has 0 aromatic heterocycles. The number of carbonyl (C=O) groups excluding carboxylic acids is 3. The molecular weight excluding hydrogens is 284 g/mol. The van der Waals surface area contributed by atoms with E-state index in [1.54, 1.807) is 11.8 Å². The van der Waals surface area contributed by atoms with E-state index in [1.165, 1.54) is 13.8 Å². The van der Waals surface area contributed by atoms with E-state index in [-0.39, 0.29) is 18.4 Å². The van der Waals surface area contributed by atoms with Gasteiger partial charge in [0.1, 0.15) is 6.61 Å². The molecule has 0 fully saturated rings. The number of hydrogen-bond donors (Lipinski definition) is 1. The summed E-state index contributed by atoms with van der Waals surface area (Å²) in [4.78, 5) is 35.1. The Balaban J connectivity index is 3.77. The van der Waals surface area contributed by atoms with Gasteiger partial charge in [-0.25, -0.2) is 4.79 Å².